The molecule has 8 heteroatoms. The topological polar surface area (TPSA) is 98.7 Å². The summed E-state index contributed by atoms with van der Waals surface area (Å²) in [7, 11) is 0. The van der Waals surface area contributed by atoms with Crippen molar-refractivity contribution in [1.29, 1.82) is 0 Å². The lowest BCUT2D eigenvalue weighted by atomic mass is 10.2. The summed E-state index contributed by atoms with van der Waals surface area (Å²) >= 11 is 0. The molecule has 0 bridgehead atoms. The second kappa shape index (κ2) is 5.76. The first-order valence-electron chi connectivity index (χ1n) is 6.68. The monoisotopic (exact) mass is 298 g/mol. The Morgan fingerprint density at radius 2 is 2.09 bits per heavy atom. The number of carbonyl (C=O) groups is 1. The molecule has 0 aliphatic carbocycles. The smallest absolute Gasteiger partial charge is 0.257 e. The third kappa shape index (κ3) is 2.71. The predicted octanol–water partition coefficient (Wildman–Crippen LogP) is 1.20. The largest absolute Gasteiger partial charge is 0.361 e. The second-order valence-electron chi connectivity index (χ2n) is 4.74. The summed E-state index contributed by atoms with van der Waals surface area (Å²) in [6.07, 6.45) is 5.11. The Bertz CT molecular complexity index is 773. The van der Waals surface area contributed by atoms with Gasteiger partial charge >= 0.3 is 0 Å². The number of nitrogens with zero attached hydrogens (tertiary/aromatic N) is 5. The summed E-state index contributed by atoms with van der Waals surface area (Å²) in [5.74, 6) is 0.255. The molecule has 0 atom stereocenters. The van der Waals surface area contributed by atoms with Crippen molar-refractivity contribution in [2.45, 2.75) is 20.4 Å². The maximum Gasteiger partial charge on any atom is 0.257 e. The molecule has 112 valence electrons. The molecule has 0 aromatic carbocycles. The lowest BCUT2D eigenvalue weighted by Gasteiger charge is -2.01. The van der Waals surface area contributed by atoms with Gasteiger partial charge in [-0.25, -0.2) is 4.68 Å². The quantitative estimate of drug-likeness (QED) is 0.777. The minimum absolute atomic E-state index is 0.241. The van der Waals surface area contributed by atoms with Crippen molar-refractivity contribution in [3.05, 3.63) is 53.4 Å². The van der Waals surface area contributed by atoms with Crippen LogP contribution in [0.5, 0.6) is 0 Å². The Hall–Kier alpha value is -3.03. The summed E-state index contributed by atoms with van der Waals surface area (Å²) in [5, 5.41) is 14.6. The van der Waals surface area contributed by atoms with E-state index in [1.54, 1.807) is 37.1 Å². The van der Waals surface area contributed by atoms with Crippen molar-refractivity contribution in [3.8, 4) is 5.69 Å². The van der Waals surface area contributed by atoms with E-state index in [0.717, 1.165) is 5.69 Å². The average molecular weight is 298 g/mol. The van der Waals surface area contributed by atoms with Crippen LogP contribution in [0.25, 0.3) is 5.69 Å². The van der Waals surface area contributed by atoms with Crippen molar-refractivity contribution in [1.82, 2.24) is 30.5 Å². The molecule has 3 heterocycles. The maximum atomic E-state index is 12.1. The van der Waals surface area contributed by atoms with Gasteiger partial charge in [-0.05, 0) is 26.0 Å². The normalized spacial score (nSPS) is 10.6. The van der Waals surface area contributed by atoms with Crippen LogP contribution in [-0.4, -0.2) is 31.0 Å². The summed E-state index contributed by atoms with van der Waals surface area (Å²) < 4.78 is 6.61. The summed E-state index contributed by atoms with van der Waals surface area (Å²) in [6, 6.07) is 3.64. The molecule has 0 aliphatic heterocycles. The maximum absolute atomic E-state index is 12.1. The molecular formula is C14H14N6O2. The molecule has 1 amide bonds. The first kappa shape index (κ1) is 13.9. The fourth-order valence-corrected chi connectivity index (χ4v) is 2.07. The molecule has 3 aromatic rings. The highest BCUT2D eigenvalue weighted by atomic mass is 16.5. The van der Waals surface area contributed by atoms with Gasteiger partial charge in [0.25, 0.3) is 5.91 Å². The number of pyridine rings is 1. The van der Waals surface area contributed by atoms with E-state index < -0.39 is 0 Å². The number of aryl methyl sites for hydroxylation is 2. The lowest BCUT2D eigenvalue weighted by Crippen LogP contribution is -2.24. The van der Waals surface area contributed by atoms with E-state index in [0.29, 0.717) is 22.7 Å². The molecule has 0 unspecified atom stereocenters. The number of carbonyl (C=O) groups excluding carboxylic acids is 1. The van der Waals surface area contributed by atoms with Gasteiger partial charge in [0.15, 0.2) is 0 Å². The highest BCUT2D eigenvalue weighted by Crippen LogP contribution is 2.12. The molecule has 0 radical (unpaired) electrons. The first-order chi connectivity index (χ1) is 10.6. The van der Waals surface area contributed by atoms with E-state index in [2.05, 4.69) is 25.8 Å². The number of aromatic nitrogens is 5. The SMILES string of the molecule is Cc1noc(C)c1C(=O)NCc1cn(-c2ccncc2)nn1. The van der Waals surface area contributed by atoms with Crippen LogP contribution >= 0.6 is 0 Å². The Kier molecular flexibility index (Phi) is 3.65. The van der Waals surface area contributed by atoms with Crippen LogP contribution in [0.3, 0.4) is 0 Å². The van der Waals surface area contributed by atoms with Crippen LogP contribution in [-0.2, 0) is 6.54 Å². The van der Waals surface area contributed by atoms with Gasteiger partial charge in [-0.3, -0.25) is 9.78 Å². The molecule has 0 saturated carbocycles. The molecule has 1 N–H and O–H groups in total. The van der Waals surface area contributed by atoms with Crippen molar-refractivity contribution >= 4 is 5.91 Å². The van der Waals surface area contributed by atoms with E-state index in [4.69, 9.17) is 4.52 Å². The third-order valence-corrected chi connectivity index (χ3v) is 3.16. The van der Waals surface area contributed by atoms with E-state index in [1.807, 2.05) is 12.1 Å². The Morgan fingerprint density at radius 1 is 1.32 bits per heavy atom. The van der Waals surface area contributed by atoms with Gasteiger partial charge in [0, 0.05) is 12.4 Å². The van der Waals surface area contributed by atoms with Crippen molar-refractivity contribution in [2.24, 2.45) is 0 Å². The van der Waals surface area contributed by atoms with Crippen molar-refractivity contribution in [2.75, 3.05) is 0 Å². The minimum atomic E-state index is -0.241. The molecule has 0 fully saturated rings. The van der Waals surface area contributed by atoms with Crippen molar-refractivity contribution in [3.63, 3.8) is 0 Å². The van der Waals surface area contributed by atoms with Crippen LogP contribution in [0, 0.1) is 13.8 Å². The highest BCUT2D eigenvalue weighted by molar-refractivity contribution is 5.95. The van der Waals surface area contributed by atoms with Gasteiger partial charge in [-0.1, -0.05) is 10.4 Å². The zero-order valence-electron chi connectivity index (χ0n) is 12.1. The third-order valence-electron chi connectivity index (χ3n) is 3.16. The number of amides is 1. The van der Waals surface area contributed by atoms with Crippen LogP contribution in [0.2, 0.25) is 0 Å². The number of hydrogen-bond acceptors (Lipinski definition) is 6. The summed E-state index contributed by atoms with van der Waals surface area (Å²) in [4.78, 5) is 16.1. The first-order valence-corrected chi connectivity index (χ1v) is 6.68. The zero-order valence-corrected chi connectivity index (χ0v) is 12.1. The predicted molar refractivity (Wildman–Crippen MR) is 76.3 cm³/mol. The van der Waals surface area contributed by atoms with Gasteiger partial charge in [-0.2, -0.15) is 0 Å². The van der Waals surface area contributed by atoms with E-state index >= 15 is 0 Å². The standard InChI is InChI=1S/C14H14N6O2/c1-9-13(10(2)22-18-9)14(21)16-7-11-8-20(19-17-11)12-3-5-15-6-4-12/h3-6,8H,7H2,1-2H3,(H,16,21). The van der Waals surface area contributed by atoms with E-state index in [9.17, 15) is 4.79 Å². The Balaban J connectivity index is 1.68. The zero-order chi connectivity index (χ0) is 15.5. The van der Waals surface area contributed by atoms with Gasteiger partial charge in [0.1, 0.15) is 17.0 Å². The van der Waals surface area contributed by atoms with Gasteiger partial charge in [-0.15, -0.1) is 5.10 Å². The van der Waals surface area contributed by atoms with Gasteiger partial charge in [0.2, 0.25) is 0 Å². The average Bonchev–Trinajstić information content (AvgIpc) is 3.13. The second-order valence-corrected chi connectivity index (χ2v) is 4.74. The summed E-state index contributed by atoms with van der Waals surface area (Å²) in [5.41, 5.74) is 2.53. The molecular weight excluding hydrogens is 284 g/mol. The minimum Gasteiger partial charge on any atom is -0.361 e. The molecule has 22 heavy (non-hydrogen) atoms. The number of hydrogen-bond donors (Lipinski definition) is 1. The van der Waals surface area contributed by atoms with E-state index in [-0.39, 0.29) is 12.5 Å². The molecule has 3 aromatic heterocycles. The molecule has 0 saturated heterocycles. The van der Waals surface area contributed by atoms with Gasteiger partial charge in [0.05, 0.1) is 24.1 Å². The lowest BCUT2D eigenvalue weighted by molar-refractivity contribution is 0.0948. The molecule has 3 rings (SSSR count). The number of rotatable bonds is 4. The molecule has 0 aliphatic rings. The van der Waals surface area contributed by atoms with E-state index in [1.165, 1.54) is 0 Å². The summed E-state index contributed by atoms with van der Waals surface area (Å²) in [6.45, 7) is 3.70. The highest BCUT2D eigenvalue weighted by Gasteiger charge is 2.17. The fourth-order valence-electron chi connectivity index (χ4n) is 2.07. The van der Waals surface area contributed by atoms with Crippen LogP contribution in [0.1, 0.15) is 27.5 Å². The van der Waals surface area contributed by atoms with Crippen molar-refractivity contribution < 1.29 is 9.32 Å². The van der Waals surface area contributed by atoms with Crippen LogP contribution < -0.4 is 5.32 Å². The Labute approximate surface area is 126 Å². The van der Waals surface area contributed by atoms with Crippen LogP contribution in [0.4, 0.5) is 0 Å². The molecule has 8 nitrogen and oxygen atoms in total. The van der Waals surface area contributed by atoms with Crippen LogP contribution in [0.15, 0.2) is 35.2 Å². The Morgan fingerprint density at radius 3 is 2.77 bits per heavy atom. The number of nitrogens with one attached hydrogen (secondary N) is 1. The fraction of sp³-hybridized carbons (Fsp3) is 0.214. The molecule has 0 spiro atoms. The van der Waals surface area contributed by atoms with Gasteiger partial charge < -0.3 is 9.84 Å².